The second kappa shape index (κ2) is 4.16. The number of hydrogen-bond donors (Lipinski definition) is 0. The summed E-state index contributed by atoms with van der Waals surface area (Å²) < 4.78 is 4.69. The summed E-state index contributed by atoms with van der Waals surface area (Å²) in [7, 11) is 0. The molecule has 2 heteroatoms. The molecule has 0 spiro atoms. The van der Waals surface area contributed by atoms with Crippen LogP contribution in [0, 0.1) is 0 Å². The first-order valence-corrected chi connectivity index (χ1v) is 5.85. The zero-order valence-corrected chi connectivity index (χ0v) is 9.32. The summed E-state index contributed by atoms with van der Waals surface area (Å²) in [6.07, 6.45) is 13.7. The van der Waals surface area contributed by atoms with Gasteiger partial charge < -0.3 is 0 Å². The van der Waals surface area contributed by atoms with E-state index in [0.29, 0.717) is 6.04 Å². The highest BCUT2D eigenvalue weighted by atomic mass is 15.1. The molecule has 1 aliphatic carbocycles. The fourth-order valence-corrected chi connectivity index (χ4v) is 2.29. The van der Waals surface area contributed by atoms with Gasteiger partial charge in [-0.3, -0.25) is 0 Å². The minimum Gasteiger partial charge on any atom is -0.235 e. The first-order chi connectivity index (χ1) is 6.77. The largest absolute Gasteiger partial charge is 0.244 e. The quantitative estimate of drug-likeness (QED) is 0.639. The third-order valence-corrected chi connectivity index (χ3v) is 3.27. The van der Waals surface area contributed by atoms with Crippen LogP contribution in [-0.4, -0.2) is 4.57 Å². The van der Waals surface area contributed by atoms with E-state index in [0.717, 1.165) is 6.04 Å². The van der Waals surface area contributed by atoms with Gasteiger partial charge in [0.15, 0.2) is 0 Å². The van der Waals surface area contributed by atoms with Crippen LogP contribution in [0.5, 0.6) is 0 Å². The fourth-order valence-electron chi connectivity index (χ4n) is 2.29. The molecule has 2 rings (SSSR count). The molecule has 2 nitrogen and oxygen atoms in total. The summed E-state index contributed by atoms with van der Waals surface area (Å²) in [5.74, 6) is 0. The van der Waals surface area contributed by atoms with Gasteiger partial charge in [-0.2, -0.15) is 0 Å². The molecular formula is C12H21N2+. The highest BCUT2D eigenvalue weighted by molar-refractivity contribution is 4.72. The molecule has 1 saturated carbocycles. The Morgan fingerprint density at radius 3 is 2.50 bits per heavy atom. The first-order valence-electron chi connectivity index (χ1n) is 5.85. The second-order valence-corrected chi connectivity index (χ2v) is 4.69. The summed E-state index contributed by atoms with van der Waals surface area (Å²) in [5, 5.41) is 0. The third-order valence-electron chi connectivity index (χ3n) is 3.27. The van der Waals surface area contributed by atoms with Crippen LogP contribution < -0.4 is 4.57 Å². The van der Waals surface area contributed by atoms with Crippen molar-refractivity contribution >= 4 is 0 Å². The van der Waals surface area contributed by atoms with Crippen molar-refractivity contribution in [1.82, 2.24) is 4.57 Å². The first kappa shape index (κ1) is 9.75. The van der Waals surface area contributed by atoms with Crippen molar-refractivity contribution in [2.75, 3.05) is 0 Å². The average molecular weight is 193 g/mol. The molecule has 1 aromatic rings. The highest BCUT2D eigenvalue weighted by Gasteiger charge is 2.20. The van der Waals surface area contributed by atoms with Gasteiger partial charge in [-0.1, -0.05) is 6.42 Å². The maximum atomic E-state index is 2.40. The predicted octanol–water partition coefficient (Wildman–Crippen LogP) is 2.86. The number of rotatable bonds is 2. The normalized spacial score (nSPS) is 19.1. The minimum absolute atomic E-state index is 0.583. The van der Waals surface area contributed by atoms with E-state index >= 15 is 0 Å². The summed E-state index contributed by atoms with van der Waals surface area (Å²) in [4.78, 5) is 0. The lowest BCUT2D eigenvalue weighted by atomic mass is 9.95. The van der Waals surface area contributed by atoms with Crippen LogP contribution in [0.3, 0.4) is 0 Å². The molecule has 1 fully saturated rings. The Labute approximate surface area is 86.6 Å². The van der Waals surface area contributed by atoms with Crippen LogP contribution in [0.1, 0.15) is 58.0 Å². The van der Waals surface area contributed by atoms with Gasteiger partial charge in [-0.05, 0) is 39.5 Å². The van der Waals surface area contributed by atoms with Gasteiger partial charge in [-0.25, -0.2) is 9.13 Å². The number of nitrogens with zero attached hydrogens (tertiary/aromatic N) is 2. The van der Waals surface area contributed by atoms with Gasteiger partial charge in [0.2, 0.25) is 6.33 Å². The Morgan fingerprint density at radius 2 is 1.93 bits per heavy atom. The average Bonchev–Trinajstić information content (AvgIpc) is 2.68. The predicted molar refractivity (Wildman–Crippen MR) is 57.1 cm³/mol. The van der Waals surface area contributed by atoms with Crippen molar-refractivity contribution in [2.24, 2.45) is 0 Å². The van der Waals surface area contributed by atoms with Crippen molar-refractivity contribution in [1.29, 1.82) is 0 Å². The summed E-state index contributed by atoms with van der Waals surface area (Å²) >= 11 is 0. The molecule has 0 N–H and O–H groups in total. The molecular weight excluding hydrogens is 172 g/mol. The molecule has 78 valence electrons. The van der Waals surface area contributed by atoms with E-state index in [1.165, 1.54) is 32.1 Å². The molecule has 0 aliphatic heterocycles. The van der Waals surface area contributed by atoms with Gasteiger partial charge in [0.1, 0.15) is 18.4 Å². The van der Waals surface area contributed by atoms with E-state index in [1.54, 1.807) is 0 Å². The SMILES string of the molecule is CC(C)n1cc[n+](C2CCCCC2)c1. The molecule has 1 heterocycles. The van der Waals surface area contributed by atoms with Crippen molar-refractivity contribution in [3.63, 3.8) is 0 Å². The lowest BCUT2D eigenvalue weighted by molar-refractivity contribution is -0.725. The van der Waals surface area contributed by atoms with Gasteiger partial charge >= 0.3 is 0 Å². The van der Waals surface area contributed by atoms with Gasteiger partial charge in [0, 0.05) is 0 Å². The maximum absolute atomic E-state index is 2.40. The van der Waals surface area contributed by atoms with E-state index in [4.69, 9.17) is 0 Å². The van der Waals surface area contributed by atoms with E-state index in [1.807, 2.05) is 0 Å². The molecule has 14 heavy (non-hydrogen) atoms. The molecule has 0 radical (unpaired) electrons. The fraction of sp³-hybridized carbons (Fsp3) is 0.750. The third kappa shape index (κ3) is 1.99. The van der Waals surface area contributed by atoms with Crippen molar-refractivity contribution in [3.8, 4) is 0 Å². The van der Waals surface area contributed by atoms with E-state index in [9.17, 15) is 0 Å². The van der Waals surface area contributed by atoms with E-state index in [2.05, 4.69) is 41.7 Å². The molecule has 0 bridgehead atoms. The Kier molecular flexibility index (Phi) is 2.90. The summed E-state index contributed by atoms with van der Waals surface area (Å²) in [6.45, 7) is 4.45. The van der Waals surface area contributed by atoms with Crippen molar-refractivity contribution in [3.05, 3.63) is 18.7 Å². The summed E-state index contributed by atoms with van der Waals surface area (Å²) in [6, 6.07) is 1.35. The van der Waals surface area contributed by atoms with Gasteiger partial charge in [0.25, 0.3) is 0 Å². The molecule has 0 atom stereocenters. The maximum Gasteiger partial charge on any atom is 0.244 e. The molecule has 0 unspecified atom stereocenters. The smallest absolute Gasteiger partial charge is 0.235 e. The number of imidazole rings is 1. The van der Waals surface area contributed by atoms with Crippen LogP contribution in [0.4, 0.5) is 0 Å². The lowest BCUT2D eigenvalue weighted by Crippen LogP contribution is -2.38. The van der Waals surface area contributed by atoms with Crippen LogP contribution >= 0.6 is 0 Å². The van der Waals surface area contributed by atoms with Crippen molar-refractivity contribution in [2.45, 2.75) is 58.0 Å². The zero-order valence-electron chi connectivity index (χ0n) is 9.32. The van der Waals surface area contributed by atoms with Crippen LogP contribution in [-0.2, 0) is 0 Å². The van der Waals surface area contributed by atoms with Crippen LogP contribution in [0.15, 0.2) is 18.7 Å². The summed E-state index contributed by atoms with van der Waals surface area (Å²) in [5.41, 5.74) is 0. The van der Waals surface area contributed by atoms with Crippen LogP contribution in [0.25, 0.3) is 0 Å². The molecule has 0 aromatic carbocycles. The Morgan fingerprint density at radius 1 is 1.21 bits per heavy atom. The zero-order chi connectivity index (χ0) is 9.97. The Hall–Kier alpha value is -0.790. The lowest BCUT2D eigenvalue weighted by Gasteiger charge is -2.18. The molecule has 1 aliphatic rings. The number of aromatic nitrogens is 2. The highest BCUT2D eigenvalue weighted by Crippen LogP contribution is 2.23. The van der Waals surface area contributed by atoms with E-state index in [-0.39, 0.29) is 0 Å². The Balaban J connectivity index is 2.07. The minimum atomic E-state index is 0.583. The standard InChI is InChI=1S/C12H21N2/c1-11(2)13-8-9-14(10-13)12-6-4-3-5-7-12/h8-12H,3-7H2,1-2H3/q+1. The second-order valence-electron chi connectivity index (χ2n) is 4.69. The van der Waals surface area contributed by atoms with Crippen LogP contribution in [0.2, 0.25) is 0 Å². The molecule has 0 amide bonds. The molecule has 0 saturated heterocycles. The van der Waals surface area contributed by atoms with Crippen molar-refractivity contribution < 1.29 is 4.57 Å². The molecule has 1 aromatic heterocycles. The topological polar surface area (TPSA) is 8.81 Å². The van der Waals surface area contributed by atoms with Gasteiger partial charge in [0.05, 0.1) is 6.04 Å². The number of hydrogen-bond acceptors (Lipinski definition) is 0. The monoisotopic (exact) mass is 193 g/mol. The van der Waals surface area contributed by atoms with Gasteiger partial charge in [-0.15, -0.1) is 0 Å². The Bertz CT molecular complexity index is 282. The van der Waals surface area contributed by atoms with E-state index < -0.39 is 0 Å².